The Morgan fingerprint density at radius 3 is 2.48 bits per heavy atom. The van der Waals surface area contributed by atoms with Gasteiger partial charge in [-0.25, -0.2) is 4.79 Å². The third-order valence-electron chi connectivity index (χ3n) is 4.75. The zero-order valence-electron chi connectivity index (χ0n) is 15.8. The molecule has 0 saturated carbocycles. The molecule has 3 rings (SSSR count). The topological polar surface area (TPSA) is 81.0 Å². The Morgan fingerprint density at radius 1 is 1.22 bits per heavy atom. The summed E-state index contributed by atoms with van der Waals surface area (Å²) in [7, 11) is 3.07. The molecule has 3 amide bonds. The fraction of sp³-hybridized carbons (Fsp3) is 0.368. The van der Waals surface area contributed by atoms with Crippen LogP contribution in [0.15, 0.2) is 27.1 Å². The normalized spacial score (nSPS) is 19.4. The van der Waals surface area contributed by atoms with E-state index in [1.165, 1.54) is 12.0 Å². The first-order valence-electron chi connectivity index (χ1n) is 8.34. The molecule has 1 aliphatic rings. The molecule has 1 saturated heterocycles. The number of urea groups is 1. The van der Waals surface area contributed by atoms with Crippen LogP contribution in [0.1, 0.15) is 29.6 Å². The molecule has 0 radical (unpaired) electrons. The lowest BCUT2D eigenvalue weighted by molar-refractivity contribution is -0.131. The second-order valence-corrected chi connectivity index (χ2v) is 7.34. The van der Waals surface area contributed by atoms with Crippen molar-refractivity contribution in [1.82, 2.24) is 10.2 Å². The van der Waals surface area contributed by atoms with Crippen molar-refractivity contribution in [3.8, 4) is 11.5 Å². The summed E-state index contributed by atoms with van der Waals surface area (Å²) in [6.45, 7) is 5.37. The summed E-state index contributed by atoms with van der Waals surface area (Å²) in [5, 5.41) is 2.80. The number of aryl methyl sites for hydroxylation is 2. The lowest BCUT2D eigenvalue weighted by Gasteiger charge is -2.21. The maximum Gasteiger partial charge on any atom is 0.325 e. The van der Waals surface area contributed by atoms with Gasteiger partial charge in [-0.1, -0.05) is 6.07 Å². The number of hydrogen-bond acceptors (Lipinski definition) is 5. The number of nitrogens with zero attached hydrogens (tertiary/aromatic N) is 1. The van der Waals surface area contributed by atoms with E-state index in [4.69, 9.17) is 13.9 Å². The van der Waals surface area contributed by atoms with Gasteiger partial charge in [0.25, 0.3) is 5.91 Å². The van der Waals surface area contributed by atoms with E-state index in [9.17, 15) is 9.59 Å². The highest BCUT2D eigenvalue weighted by Crippen LogP contribution is 2.39. The average molecular weight is 437 g/mol. The minimum Gasteiger partial charge on any atom is -0.493 e. The largest absolute Gasteiger partial charge is 0.493 e. The van der Waals surface area contributed by atoms with Crippen molar-refractivity contribution >= 4 is 27.9 Å². The second kappa shape index (κ2) is 6.92. The number of benzene rings is 1. The van der Waals surface area contributed by atoms with Gasteiger partial charge >= 0.3 is 6.03 Å². The van der Waals surface area contributed by atoms with Crippen molar-refractivity contribution in [1.29, 1.82) is 0 Å². The number of imide groups is 1. The lowest BCUT2D eigenvalue weighted by Crippen LogP contribution is -2.41. The van der Waals surface area contributed by atoms with Gasteiger partial charge in [0.15, 0.2) is 11.5 Å². The minimum absolute atomic E-state index is 0.0943. The number of amides is 3. The Balaban J connectivity index is 1.94. The van der Waals surface area contributed by atoms with Crippen molar-refractivity contribution in [3.05, 3.63) is 45.3 Å². The Bertz CT molecular complexity index is 923. The molecule has 1 atom stereocenters. The Hall–Kier alpha value is -2.48. The van der Waals surface area contributed by atoms with Crippen molar-refractivity contribution in [2.45, 2.75) is 32.9 Å². The van der Waals surface area contributed by atoms with E-state index in [-0.39, 0.29) is 12.5 Å². The van der Waals surface area contributed by atoms with E-state index in [0.717, 1.165) is 5.56 Å². The van der Waals surface area contributed by atoms with Gasteiger partial charge in [0, 0.05) is 5.56 Å². The zero-order valence-corrected chi connectivity index (χ0v) is 17.4. The molecule has 1 aliphatic heterocycles. The molecule has 27 heavy (non-hydrogen) atoms. The molecule has 144 valence electrons. The van der Waals surface area contributed by atoms with E-state index in [1.54, 1.807) is 46.1 Å². The molecule has 2 aromatic rings. The molecule has 1 aromatic carbocycles. The first-order valence-corrected chi connectivity index (χ1v) is 9.13. The first-order chi connectivity index (χ1) is 12.7. The predicted molar refractivity (Wildman–Crippen MR) is 102 cm³/mol. The first kappa shape index (κ1) is 19.3. The SMILES string of the molecule is COc1ccc(CN2C(=O)NC(C)(c3cc(C)oc3C)C2=O)c(Br)c1OC. The van der Waals surface area contributed by atoms with E-state index < -0.39 is 11.6 Å². The smallest absolute Gasteiger partial charge is 0.325 e. The van der Waals surface area contributed by atoms with Gasteiger partial charge < -0.3 is 19.2 Å². The third kappa shape index (κ3) is 3.07. The maximum absolute atomic E-state index is 13.1. The number of halogens is 1. The van der Waals surface area contributed by atoms with Crippen LogP contribution in [-0.2, 0) is 16.9 Å². The quantitative estimate of drug-likeness (QED) is 0.723. The summed E-state index contributed by atoms with van der Waals surface area (Å²) in [4.78, 5) is 26.9. The predicted octanol–water partition coefficient (Wildman–Crippen LogP) is 3.64. The number of carbonyl (C=O) groups excluding carboxylic acids is 2. The number of ether oxygens (including phenoxy) is 2. The van der Waals surface area contributed by atoms with Crippen molar-refractivity contribution in [3.63, 3.8) is 0 Å². The summed E-state index contributed by atoms with van der Waals surface area (Å²) in [6, 6.07) is 4.85. The van der Waals surface area contributed by atoms with Crippen LogP contribution in [0.25, 0.3) is 0 Å². The Morgan fingerprint density at radius 2 is 1.93 bits per heavy atom. The number of methoxy groups -OCH3 is 2. The number of hydrogen-bond donors (Lipinski definition) is 1. The zero-order chi connectivity index (χ0) is 19.9. The number of carbonyl (C=O) groups is 2. The van der Waals surface area contributed by atoms with Crippen molar-refractivity contribution in [2.75, 3.05) is 14.2 Å². The molecule has 8 heteroatoms. The summed E-state index contributed by atoms with van der Waals surface area (Å²) < 4.78 is 16.8. The van der Waals surface area contributed by atoms with Crippen LogP contribution in [0.4, 0.5) is 4.79 Å². The molecule has 1 unspecified atom stereocenters. The summed E-state index contributed by atoms with van der Waals surface area (Å²) in [5.74, 6) is 2.02. The van der Waals surface area contributed by atoms with Crippen molar-refractivity contribution < 1.29 is 23.5 Å². The van der Waals surface area contributed by atoms with Gasteiger partial charge in [0.2, 0.25) is 0 Å². The van der Waals surface area contributed by atoms with Crippen LogP contribution in [0.2, 0.25) is 0 Å². The molecule has 7 nitrogen and oxygen atoms in total. The Labute approximate surface area is 165 Å². The second-order valence-electron chi connectivity index (χ2n) is 6.55. The van der Waals surface area contributed by atoms with E-state index in [1.807, 2.05) is 0 Å². The fourth-order valence-electron chi connectivity index (χ4n) is 3.37. The molecule has 0 spiro atoms. The molecule has 2 heterocycles. The van der Waals surface area contributed by atoms with E-state index in [2.05, 4.69) is 21.2 Å². The highest BCUT2D eigenvalue weighted by atomic mass is 79.9. The summed E-state index contributed by atoms with van der Waals surface area (Å²) >= 11 is 3.48. The van der Waals surface area contributed by atoms with E-state index in [0.29, 0.717) is 33.1 Å². The summed E-state index contributed by atoms with van der Waals surface area (Å²) in [5.41, 5.74) is 0.217. The van der Waals surface area contributed by atoms with Crippen LogP contribution in [0.5, 0.6) is 11.5 Å². The van der Waals surface area contributed by atoms with Crippen LogP contribution in [0, 0.1) is 13.8 Å². The van der Waals surface area contributed by atoms with Crippen LogP contribution in [-0.4, -0.2) is 31.1 Å². The van der Waals surface area contributed by atoms with Crippen molar-refractivity contribution in [2.24, 2.45) is 0 Å². The third-order valence-corrected chi connectivity index (χ3v) is 5.62. The van der Waals surface area contributed by atoms with Crippen LogP contribution in [0.3, 0.4) is 0 Å². The highest BCUT2D eigenvalue weighted by molar-refractivity contribution is 9.10. The monoisotopic (exact) mass is 436 g/mol. The number of rotatable bonds is 5. The molecular formula is C19H21BrN2O5. The van der Waals surface area contributed by atoms with Gasteiger partial charge in [-0.05, 0) is 54.4 Å². The van der Waals surface area contributed by atoms with Gasteiger partial charge in [-0.15, -0.1) is 0 Å². The Kier molecular flexibility index (Phi) is 4.94. The lowest BCUT2D eigenvalue weighted by atomic mass is 9.92. The molecule has 0 bridgehead atoms. The molecule has 0 aliphatic carbocycles. The van der Waals surface area contributed by atoms with Crippen LogP contribution < -0.4 is 14.8 Å². The molecule has 1 fully saturated rings. The molecule has 1 N–H and O–H groups in total. The van der Waals surface area contributed by atoms with Gasteiger partial charge in [-0.2, -0.15) is 0 Å². The average Bonchev–Trinajstić information content (AvgIpc) is 3.07. The molecular weight excluding hydrogens is 416 g/mol. The maximum atomic E-state index is 13.1. The molecule has 1 aromatic heterocycles. The number of furan rings is 1. The van der Waals surface area contributed by atoms with Gasteiger partial charge in [0.1, 0.15) is 17.1 Å². The minimum atomic E-state index is -1.16. The standard InChI is InChI=1S/C19H21BrN2O5/c1-10-8-13(11(2)27-10)19(3)17(23)22(18(24)21-19)9-12-6-7-14(25-4)16(26-5)15(12)20/h6-8H,9H2,1-5H3,(H,21,24). The van der Waals surface area contributed by atoms with Gasteiger partial charge in [-0.3, -0.25) is 9.69 Å². The number of nitrogens with one attached hydrogen (secondary N) is 1. The highest BCUT2D eigenvalue weighted by Gasteiger charge is 2.50. The van der Waals surface area contributed by atoms with E-state index >= 15 is 0 Å². The fourth-order valence-corrected chi connectivity index (χ4v) is 3.99. The van der Waals surface area contributed by atoms with Crippen LogP contribution >= 0.6 is 15.9 Å². The summed E-state index contributed by atoms with van der Waals surface area (Å²) in [6.07, 6.45) is 0. The van der Waals surface area contributed by atoms with Gasteiger partial charge in [0.05, 0.1) is 25.2 Å².